The minimum absolute atomic E-state index is 0.127. The van der Waals surface area contributed by atoms with Gasteiger partial charge in [0, 0.05) is 24.6 Å². The highest BCUT2D eigenvalue weighted by Crippen LogP contribution is 2.25. The molecule has 1 atom stereocenters. The second kappa shape index (κ2) is 4.29. The fourth-order valence-corrected chi connectivity index (χ4v) is 1.99. The third-order valence-corrected chi connectivity index (χ3v) is 2.72. The number of carbonyl (C=O) groups is 1. The van der Waals surface area contributed by atoms with E-state index in [1.54, 1.807) is 12.4 Å². The van der Waals surface area contributed by atoms with E-state index >= 15 is 0 Å². The fraction of sp³-hybridized carbons (Fsp3) is 0.455. The molecule has 1 aromatic rings. The average molecular weight is 206 g/mol. The lowest BCUT2D eigenvalue weighted by molar-refractivity contribution is -0.141. The Kier molecular flexibility index (Phi) is 2.85. The van der Waals surface area contributed by atoms with Gasteiger partial charge < -0.3 is 9.64 Å². The van der Waals surface area contributed by atoms with Crippen molar-refractivity contribution in [3.8, 4) is 0 Å². The monoisotopic (exact) mass is 206 g/mol. The summed E-state index contributed by atoms with van der Waals surface area (Å²) in [6.07, 6.45) is 5.38. The van der Waals surface area contributed by atoms with Crippen molar-refractivity contribution < 1.29 is 9.53 Å². The molecule has 0 bridgehead atoms. The topological polar surface area (TPSA) is 42.4 Å². The second-order valence-electron chi connectivity index (χ2n) is 3.58. The fourth-order valence-electron chi connectivity index (χ4n) is 1.99. The molecule has 1 saturated heterocycles. The number of hydrogen-bond acceptors (Lipinski definition) is 4. The number of methoxy groups -OCH3 is 1. The van der Waals surface area contributed by atoms with Crippen LogP contribution in [0, 0.1) is 0 Å². The maximum Gasteiger partial charge on any atom is 0.328 e. The SMILES string of the molecule is COC(=O)C1CCCN1c1ccncc1. The number of carbonyl (C=O) groups excluding carboxylic acids is 1. The first kappa shape index (κ1) is 9.96. The molecule has 15 heavy (non-hydrogen) atoms. The molecule has 0 radical (unpaired) electrons. The van der Waals surface area contributed by atoms with E-state index in [9.17, 15) is 4.79 Å². The van der Waals surface area contributed by atoms with Crippen LogP contribution in [0.3, 0.4) is 0 Å². The van der Waals surface area contributed by atoms with Crippen molar-refractivity contribution in [3.63, 3.8) is 0 Å². The second-order valence-corrected chi connectivity index (χ2v) is 3.58. The molecule has 0 N–H and O–H groups in total. The van der Waals surface area contributed by atoms with Crippen LogP contribution in [0.4, 0.5) is 5.69 Å². The van der Waals surface area contributed by atoms with Crippen LogP contribution in [0.2, 0.25) is 0 Å². The molecular weight excluding hydrogens is 192 g/mol. The van der Waals surface area contributed by atoms with E-state index in [-0.39, 0.29) is 12.0 Å². The van der Waals surface area contributed by atoms with Crippen LogP contribution < -0.4 is 4.90 Å². The summed E-state index contributed by atoms with van der Waals surface area (Å²) in [4.78, 5) is 17.6. The van der Waals surface area contributed by atoms with Crippen molar-refractivity contribution in [2.45, 2.75) is 18.9 Å². The molecule has 80 valence electrons. The molecule has 0 aromatic carbocycles. The Morgan fingerprint density at radius 2 is 2.27 bits per heavy atom. The quantitative estimate of drug-likeness (QED) is 0.682. The van der Waals surface area contributed by atoms with Crippen LogP contribution in [0.15, 0.2) is 24.5 Å². The van der Waals surface area contributed by atoms with Crippen molar-refractivity contribution in [3.05, 3.63) is 24.5 Å². The summed E-state index contributed by atoms with van der Waals surface area (Å²) in [5, 5.41) is 0. The van der Waals surface area contributed by atoms with E-state index in [2.05, 4.69) is 9.88 Å². The van der Waals surface area contributed by atoms with Gasteiger partial charge >= 0.3 is 5.97 Å². The van der Waals surface area contributed by atoms with Crippen LogP contribution in [-0.2, 0) is 9.53 Å². The van der Waals surface area contributed by atoms with Gasteiger partial charge in [-0.15, -0.1) is 0 Å². The van der Waals surface area contributed by atoms with Crippen molar-refractivity contribution in [2.75, 3.05) is 18.6 Å². The molecule has 2 heterocycles. The first-order valence-electron chi connectivity index (χ1n) is 5.07. The Balaban J connectivity index is 2.18. The van der Waals surface area contributed by atoms with Gasteiger partial charge in [0.05, 0.1) is 7.11 Å². The molecule has 0 saturated carbocycles. The van der Waals surface area contributed by atoms with Gasteiger partial charge in [0.25, 0.3) is 0 Å². The number of hydrogen-bond donors (Lipinski definition) is 0. The van der Waals surface area contributed by atoms with Crippen molar-refractivity contribution in [2.24, 2.45) is 0 Å². The third-order valence-electron chi connectivity index (χ3n) is 2.72. The highest BCUT2D eigenvalue weighted by atomic mass is 16.5. The summed E-state index contributed by atoms with van der Waals surface area (Å²) < 4.78 is 4.79. The molecule has 4 nitrogen and oxygen atoms in total. The minimum atomic E-state index is -0.149. The molecule has 1 unspecified atom stereocenters. The Morgan fingerprint density at radius 1 is 1.53 bits per heavy atom. The first-order chi connectivity index (χ1) is 7.33. The lowest BCUT2D eigenvalue weighted by Gasteiger charge is -2.24. The van der Waals surface area contributed by atoms with Gasteiger partial charge in [0.1, 0.15) is 6.04 Å². The Hall–Kier alpha value is -1.58. The predicted octanol–water partition coefficient (Wildman–Crippen LogP) is 1.22. The van der Waals surface area contributed by atoms with E-state index in [1.165, 1.54) is 7.11 Å². The molecule has 1 aliphatic heterocycles. The number of aromatic nitrogens is 1. The number of anilines is 1. The van der Waals surface area contributed by atoms with Crippen LogP contribution in [0.1, 0.15) is 12.8 Å². The zero-order valence-corrected chi connectivity index (χ0v) is 8.72. The molecule has 0 amide bonds. The molecule has 1 fully saturated rings. The minimum Gasteiger partial charge on any atom is -0.467 e. The maximum atomic E-state index is 11.5. The van der Waals surface area contributed by atoms with Gasteiger partial charge in [-0.2, -0.15) is 0 Å². The zero-order chi connectivity index (χ0) is 10.7. The van der Waals surface area contributed by atoms with Crippen molar-refractivity contribution in [1.82, 2.24) is 4.98 Å². The van der Waals surface area contributed by atoms with E-state index in [0.717, 1.165) is 25.1 Å². The summed E-state index contributed by atoms with van der Waals surface area (Å²) in [5.74, 6) is -0.149. The van der Waals surface area contributed by atoms with E-state index in [0.29, 0.717) is 0 Å². The molecule has 1 aromatic heterocycles. The van der Waals surface area contributed by atoms with Crippen LogP contribution >= 0.6 is 0 Å². The number of pyridine rings is 1. The number of ether oxygens (including phenoxy) is 1. The first-order valence-corrected chi connectivity index (χ1v) is 5.07. The summed E-state index contributed by atoms with van der Waals surface area (Å²) in [7, 11) is 1.44. The number of nitrogens with zero attached hydrogens (tertiary/aromatic N) is 2. The van der Waals surface area contributed by atoms with Gasteiger partial charge in [0.15, 0.2) is 0 Å². The lowest BCUT2D eigenvalue weighted by Crippen LogP contribution is -2.36. The summed E-state index contributed by atoms with van der Waals surface area (Å²) in [6.45, 7) is 0.907. The zero-order valence-electron chi connectivity index (χ0n) is 8.72. The molecule has 4 heteroatoms. The number of esters is 1. The average Bonchev–Trinajstić information content (AvgIpc) is 2.78. The molecular formula is C11H14N2O2. The van der Waals surface area contributed by atoms with Crippen LogP contribution in [-0.4, -0.2) is 30.6 Å². The van der Waals surface area contributed by atoms with E-state index in [4.69, 9.17) is 4.74 Å². The van der Waals surface area contributed by atoms with Gasteiger partial charge in [-0.25, -0.2) is 4.79 Å². The highest BCUT2D eigenvalue weighted by Gasteiger charge is 2.31. The van der Waals surface area contributed by atoms with Crippen LogP contribution in [0.25, 0.3) is 0 Å². The maximum absolute atomic E-state index is 11.5. The number of rotatable bonds is 2. The molecule has 0 aliphatic carbocycles. The van der Waals surface area contributed by atoms with Gasteiger partial charge in [-0.1, -0.05) is 0 Å². The van der Waals surface area contributed by atoms with Crippen molar-refractivity contribution in [1.29, 1.82) is 0 Å². The Labute approximate surface area is 88.9 Å². The Bertz CT molecular complexity index is 340. The standard InChI is InChI=1S/C11H14N2O2/c1-15-11(14)10-3-2-8-13(10)9-4-6-12-7-5-9/h4-7,10H,2-3,8H2,1H3. The van der Waals surface area contributed by atoms with Gasteiger partial charge in [-0.05, 0) is 25.0 Å². The smallest absolute Gasteiger partial charge is 0.328 e. The van der Waals surface area contributed by atoms with Crippen LogP contribution in [0.5, 0.6) is 0 Å². The van der Waals surface area contributed by atoms with Gasteiger partial charge in [-0.3, -0.25) is 4.98 Å². The predicted molar refractivity (Wildman–Crippen MR) is 56.6 cm³/mol. The molecule has 1 aliphatic rings. The third kappa shape index (κ3) is 1.93. The molecule has 2 rings (SSSR count). The van der Waals surface area contributed by atoms with Crippen molar-refractivity contribution >= 4 is 11.7 Å². The van der Waals surface area contributed by atoms with Gasteiger partial charge in [0.2, 0.25) is 0 Å². The summed E-state index contributed by atoms with van der Waals surface area (Å²) >= 11 is 0. The largest absolute Gasteiger partial charge is 0.467 e. The lowest BCUT2D eigenvalue weighted by atomic mass is 10.2. The Morgan fingerprint density at radius 3 is 2.93 bits per heavy atom. The van der Waals surface area contributed by atoms with E-state index in [1.807, 2.05) is 12.1 Å². The van der Waals surface area contributed by atoms with E-state index < -0.39 is 0 Å². The highest BCUT2D eigenvalue weighted by molar-refractivity contribution is 5.80. The summed E-state index contributed by atoms with van der Waals surface area (Å²) in [5.41, 5.74) is 1.04. The molecule has 0 spiro atoms. The normalized spacial score (nSPS) is 20.3. The summed E-state index contributed by atoms with van der Waals surface area (Å²) in [6, 6.07) is 3.71.